The summed E-state index contributed by atoms with van der Waals surface area (Å²) < 4.78 is 6.93. The maximum Gasteiger partial charge on any atom is 0.119 e. The molecular formula is C14H20N4O2. The van der Waals surface area contributed by atoms with Gasteiger partial charge in [0.25, 0.3) is 0 Å². The van der Waals surface area contributed by atoms with E-state index in [1.807, 2.05) is 30.5 Å². The standard InChI is InChI=1S/C14H20N4O2/c1-20-13-5-2-4-12(10-13)14(19)11-15-6-3-8-18-9-7-16-17-18/h2,4-5,7,9-10,14-15,19H,3,6,8,11H2,1H3. The van der Waals surface area contributed by atoms with Gasteiger partial charge in [-0.25, -0.2) is 0 Å². The zero-order chi connectivity index (χ0) is 14.2. The number of aryl methyl sites for hydroxylation is 1. The van der Waals surface area contributed by atoms with Gasteiger partial charge in [0.15, 0.2) is 0 Å². The average Bonchev–Trinajstić information content (AvgIpc) is 3.00. The highest BCUT2D eigenvalue weighted by molar-refractivity contribution is 5.29. The summed E-state index contributed by atoms with van der Waals surface area (Å²) in [5, 5.41) is 20.9. The Bertz CT molecular complexity index is 502. The summed E-state index contributed by atoms with van der Waals surface area (Å²) >= 11 is 0. The van der Waals surface area contributed by atoms with Crippen LogP contribution in [0.5, 0.6) is 5.75 Å². The topological polar surface area (TPSA) is 72.2 Å². The number of aliphatic hydroxyl groups excluding tert-OH is 1. The van der Waals surface area contributed by atoms with Crippen molar-refractivity contribution in [2.24, 2.45) is 0 Å². The number of nitrogens with zero attached hydrogens (tertiary/aromatic N) is 3. The van der Waals surface area contributed by atoms with E-state index >= 15 is 0 Å². The average molecular weight is 276 g/mol. The highest BCUT2D eigenvalue weighted by Gasteiger charge is 2.07. The van der Waals surface area contributed by atoms with Crippen molar-refractivity contribution in [3.63, 3.8) is 0 Å². The quantitative estimate of drug-likeness (QED) is 0.704. The Morgan fingerprint density at radius 3 is 3.10 bits per heavy atom. The predicted molar refractivity (Wildman–Crippen MR) is 75.5 cm³/mol. The summed E-state index contributed by atoms with van der Waals surface area (Å²) in [7, 11) is 1.62. The van der Waals surface area contributed by atoms with Gasteiger partial charge in [-0.05, 0) is 30.7 Å². The molecule has 1 unspecified atom stereocenters. The van der Waals surface area contributed by atoms with Crippen LogP contribution in [0.2, 0.25) is 0 Å². The molecule has 0 fully saturated rings. The lowest BCUT2D eigenvalue weighted by Crippen LogP contribution is -2.23. The first kappa shape index (κ1) is 14.5. The Hall–Kier alpha value is -1.92. The van der Waals surface area contributed by atoms with Crippen molar-refractivity contribution in [3.05, 3.63) is 42.2 Å². The summed E-state index contributed by atoms with van der Waals surface area (Å²) in [5.74, 6) is 0.757. The van der Waals surface area contributed by atoms with Gasteiger partial charge in [-0.3, -0.25) is 4.68 Å². The van der Waals surface area contributed by atoms with Gasteiger partial charge in [-0.2, -0.15) is 0 Å². The Morgan fingerprint density at radius 2 is 2.35 bits per heavy atom. The third-order valence-corrected chi connectivity index (χ3v) is 3.03. The van der Waals surface area contributed by atoms with E-state index in [9.17, 15) is 5.11 Å². The Balaban J connectivity index is 1.68. The molecule has 6 heteroatoms. The van der Waals surface area contributed by atoms with Gasteiger partial charge in [0.05, 0.1) is 19.4 Å². The fourth-order valence-corrected chi connectivity index (χ4v) is 1.92. The minimum absolute atomic E-state index is 0.518. The van der Waals surface area contributed by atoms with Crippen LogP contribution in [0.4, 0.5) is 0 Å². The van der Waals surface area contributed by atoms with Crippen LogP contribution in [-0.4, -0.2) is 40.3 Å². The van der Waals surface area contributed by atoms with Crippen LogP contribution in [0.3, 0.4) is 0 Å². The van der Waals surface area contributed by atoms with Crippen molar-refractivity contribution in [1.29, 1.82) is 0 Å². The molecule has 0 aliphatic rings. The van der Waals surface area contributed by atoms with Crippen LogP contribution in [0, 0.1) is 0 Å². The molecule has 0 saturated heterocycles. The van der Waals surface area contributed by atoms with Crippen LogP contribution in [0.25, 0.3) is 0 Å². The molecule has 0 spiro atoms. The maximum absolute atomic E-state index is 10.1. The van der Waals surface area contributed by atoms with E-state index in [2.05, 4.69) is 15.6 Å². The second kappa shape index (κ2) is 7.62. The SMILES string of the molecule is COc1cccc(C(O)CNCCCn2ccnn2)c1. The van der Waals surface area contributed by atoms with Gasteiger partial charge in [0, 0.05) is 19.3 Å². The van der Waals surface area contributed by atoms with Crippen molar-refractivity contribution in [2.45, 2.75) is 19.1 Å². The van der Waals surface area contributed by atoms with Gasteiger partial charge >= 0.3 is 0 Å². The summed E-state index contributed by atoms with van der Waals surface area (Å²) in [6.07, 6.45) is 3.91. The Labute approximate surface area is 118 Å². The zero-order valence-electron chi connectivity index (χ0n) is 11.6. The number of aliphatic hydroxyl groups is 1. The maximum atomic E-state index is 10.1. The molecule has 0 saturated carbocycles. The van der Waals surface area contributed by atoms with Gasteiger partial charge in [-0.1, -0.05) is 17.3 Å². The van der Waals surface area contributed by atoms with Crippen LogP contribution < -0.4 is 10.1 Å². The van der Waals surface area contributed by atoms with Crippen LogP contribution >= 0.6 is 0 Å². The molecule has 0 aliphatic carbocycles. The van der Waals surface area contributed by atoms with Crippen LogP contribution in [0.1, 0.15) is 18.1 Å². The molecule has 0 amide bonds. The third-order valence-electron chi connectivity index (χ3n) is 3.03. The van der Waals surface area contributed by atoms with E-state index in [-0.39, 0.29) is 0 Å². The first-order valence-electron chi connectivity index (χ1n) is 6.66. The number of aromatic nitrogens is 3. The molecule has 108 valence electrons. The molecule has 0 bridgehead atoms. The summed E-state index contributed by atoms with van der Waals surface area (Å²) in [6.45, 7) is 2.16. The fraction of sp³-hybridized carbons (Fsp3) is 0.429. The van der Waals surface area contributed by atoms with Crippen molar-refractivity contribution >= 4 is 0 Å². The lowest BCUT2D eigenvalue weighted by molar-refractivity contribution is 0.174. The molecule has 2 N–H and O–H groups in total. The van der Waals surface area contributed by atoms with E-state index in [1.54, 1.807) is 18.0 Å². The largest absolute Gasteiger partial charge is 0.497 e. The number of nitrogens with one attached hydrogen (secondary N) is 1. The first-order valence-corrected chi connectivity index (χ1v) is 6.66. The highest BCUT2D eigenvalue weighted by Crippen LogP contribution is 2.18. The Kier molecular flexibility index (Phi) is 5.52. The molecule has 1 aromatic carbocycles. The molecule has 0 radical (unpaired) electrons. The highest BCUT2D eigenvalue weighted by atomic mass is 16.5. The summed E-state index contributed by atoms with van der Waals surface area (Å²) in [6, 6.07) is 7.48. The van der Waals surface area contributed by atoms with E-state index in [4.69, 9.17) is 4.74 Å². The number of rotatable bonds is 8. The molecule has 20 heavy (non-hydrogen) atoms. The first-order chi connectivity index (χ1) is 9.79. The number of hydrogen-bond donors (Lipinski definition) is 2. The minimum atomic E-state index is -0.531. The van der Waals surface area contributed by atoms with Crippen molar-refractivity contribution < 1.29 is 9.84 Å². The molecule has 2 rings (SSSR count). The predicted octanol–water partition coefficient (Wildman–Crippen LogP) is 1.000. The lowest BCUT2D eigenvalue weighted by Gasteiger charge is -2.13. The molecule has 0 aliphatic heterocycles. The number of ether oxygens (including phenoxy) is 1. The number of methoxy groups -OCH3 is 1. The zero-order valence-corrected chi connectivity index (χ0v) is 11.6. The van der Waals surface area contributed by atoms with E-state index < -0.39 is 6.10 Å². The smallest absolute Gasteiger partial charge is 0.119 e. The molecule has 2 aromatic rings. The molecule has 6 nitrogen and oxygen atoms in total. The van der Waals surface area contributed by atoms with E-state index in [1.165, 1.54) is 0 Å². The summed E-state index contributed by atoms with van der Waals surface area (Å²) in [4.78, 5) is 0. The van der Waals surface area contributed by atoms with E-state index in [0.717, 1.165) is 30.8 Å². The second-order valence-electron chi connectivity index (χ2n) is 4.52. The molecular weight excluding hydrogens is 256 g/mol. The monoisotopic (exact) mass is 276 g/mol. The van der Waals surface area contributed by atoms with Crippen molar-refractivity contribution in [1.82, 2.24) is 20.3 Å². The van der Waals surface area contributed by atoms with Gasteiger partial charge in [0.1, 0.15) is 5.75 Å². The summed E-state index contributed by atoms with van der Waals surface area (Å²) in [5.41, 5.74) is 0.855. The number of benzene rings is 1. The minimum Gasteiger partial charge on any atom is -0.497 e. The Morgan fingerprint density at radius 1 is 1.45 bits per heavy atom. The van der Waals surface area contributed by atoms with E-state index in [0.29, 0.717) is 6.54 Å². The normalized spacial score (nSPS) is 12.3. The molecule has 1 heterocycles. The fourth-order valence-electron chi connectivity index (χ4n) is 1.92. The molecule has 1 atom stereocenters. The van der Waals surface area contributed by atoms with Crippen LogP contribution in [0.15, 0.2) is 36.7 Å². The molecule has 1 aromatic heterocycles. The van der Waals surface area contributed by atoms with Crippen molar-refractivity contribution in [3.8, 4) is 5.75 Å². The van der Waals surface area contributed by atoms with Gasteiger partial charge in [0.2, 0.25) is 0 Å². The van der Waals surface area contributed by atoms with Crippen LogP contribution in [-0.2, 0) is 6.54 Å². The third kappa shape index (κ3) is 4.32. The lowest BCUT2D eigenvalue weighted by atomic mass is 10.1. The number of hydrogen-bond acceptors (Lipinski definition) is 5. The van der Waals surface area contributed by atoms with Gasteiger partial charge < -0.3 is 15.2 Å². The van der Waals surface area contributed by atoms with Gasteiger partial charge in [-0.15, -0.1) is 5.10 Å². The second-order valence-corrected chi connectivity index (χ2v) is 4.52. The van der Waals surface area contributed by atoms with Crippen molar-refractivity contribution in [2.75, 3.05) is 20.2 Å².